The minimum Gasteiger partial charge on any atom is -0.248 e. The fraction of sp³-hybridized carbons (Fsp3) is 0.818. The average molecular weight is 223 g/mol. The largest absolute Gasteiger partial charge is 0.248 e. The number of hydrogen-bond acceptors (Lipinski definition) is 4. The number of aromatic nitrogens is 3. The fourth-order valence-corrected chi connectivity index (χ4v) is 2.07. The van der Waals surface area contributed by atoms with E-state index in [-0.39, 0.29) is 0 Å². The zero-order valence-corrected chi connectivity index (χ0v) is 10.2. The third-order valence-corrected chi connectivity index (χ3v) is 2.95. The Kier molecular flexibility index (Phi) is 3.90. The normalized spacial score (nSPS) is 18.2. The molecule has 0 spiro atoms. The zero-order valence-electron chi connectivity index (χ0n) is 10.2. The summed E-state index contributed by atoms with van der Waals surface area (Å²) in [5, 5.41) is 6.52. The van der Waals surface area contributed by atoms with E-state index in [4.69, 9.17) is 0 Å². The monoisotopic (exact) mass is 223 g/mol. The minimum absolute atomic E-state index is 0.376. The zero-order chi connectivity index (χ0) is 11.4. The van der Waals surface area contributed by atoms with Gasteiger partial charge in [-0.15, -0.1) is 0 Å². The van der Waals surface area contributed by atoms with Gasteiger partial charge in [0.2, 0.25) is 0 Å². The second-order valence-corrected chi connectivity index (χ2v) is 4.60. The summed E-state index contributed by atoms with van der Waals surface area (Å²) in [6, 6.07) is 0.376. The van der Waals surface area contributed by atoms with Gasteiger partial charge in [0.1, 0.15) is 12.2 Å². The Morgan fingerprint density at radius 1 is 1.31 bits per heavy atom. The summed E-state index contributed by atoms with van der Waals surface area (Å²) in [5.41, 5.74) is 3.43. The first-order valence-electron chi connectivity index (χ1n) is 6.14. The molecule has 16 heavy (non-hydrogen) atoms. The van der Waals surface area contributed by atoms with Crippen molar-refractivity contribution in [2.45, 2.75) is 45.7 Å². The molecule has 2 rings (SSSR count). The molecule has 1 saturated heterocycles. The van der Waals surface area contributed by atoms with Crippen LogP contribution < -0.4 is 5.43 Å². The molecular weight excluding hydrogens is 202 g/mol. The Balaban J connectivity index is 1.86. The molecule has 90 valence electrons. The molecule has 0 saturated carbocycles. The molecule has 0 amide bonds. The molecule has 2 heterocycles. The van der Waals surface area contributed by atoms with Crippen molar-refractivity contribution >= 4 is 0 Å². The van der Waals surface area contributed by atoms with Gasteiger partial charge in [0.25, 0.3) is 0 Å². The van der Waals surface area contributed by atoms with Crippen LogP contribution in [-0.4, -0.2) is 32.9 Å². The molecule has 1 aromatic rings. The highest BCUT2D eigenvalue weighted by molar-refractivity contribution is 4.85. The SMILES string of the molecule is CC(C)n1ncnc1CNN1CCCCC1. The smallest absolute Gasteiger partial charge is 0.142 e. The minimum atomic E-state index is 0.376. The van der Waals surface area contributed by atoms with Gasteiger partial charge in [0.05, 0.1) is 6.54 Å². The lowest BCUT2D eigenvalue weighted by atomic mass is 10.2. The van der Waals surface area contributed by atoms with E-state index in [0.717, 1.165) is 25.5 Å². The Bertz CT molecular complexity index is 314. The van der Waals surface area contributed by atoms with Gasteiger partial charge in [-0.2, -0.15) is 5.10 Å². The predicted molar refractivity (Wildman–Crippen MR) is 62.7 cm³/mol. The highest BCUT2D eigenvalue weighted by Crippen LogP contribution is 2.08. The molecular formula is C11H21N5. The van der Waals surface area contributed by atoms with Gasteiger partial charge < -0.3 is 0 Å². The van der Waals surface area contributed by atoms with E-state index >= 15 is 0 Å². The summed E-state index contributed by atoms with van der Waals surface area (Å²) in [5.74, 6) is 1.01. The maximum absolute atomic E-state index is 4.28. The van der Waals surface area contributed by atoms with E-state index in [1.807, 2.05) is 4.68 Å². The predicted octanol–water partition coefficient (Wildman–Crippen LogP) is 1.35. The van der Waals surface area contributed by atoms with E-state index in [9.17, 15) is 0 Å². The van der Waals surface area contributed by atoms with Crippen LogP contribution in [0.3, 0.4) is 0 Å². The quantitative estimate of drug-likeness (QED) is 0.837. The van der Waals surface area contributed by atoms with Gasteiger partial charge in [-0.3, -0.25) is 0 Å². The number of nitrogens with zero attached hydrogens (tertiary/aromatic N) is 4. The Morgan fingerprint density at radius 3 is 2.75 bits per heavy atom. The Labute approximate surface area is 96.8 Å². The highest BCUT2D eigenvalue weighted by Gasteiger charge is 2.12. The molecule has 0 bridgehead atoms. The maximum Gasteiger partial charge on any atom is 0.142 e. The molecule has 1 N–H and O–H groups in total. The number of hydrazine groups is 1. The first kappa shape index (κ1) is 11.5. The van der Waals surface area contributed by atoms with Crippen LogP contribution in [0.1, 0.15) is 45.0 Å². The van der Waals surface area contributed by atoms with E-state index in [1.54, 1.807) is 6.33 Å². The molecule has 1 fully saturated rings. The Hall–Kier alpha value is -0.940. The van der Waals surface area contributed by atoms with Gasteiger partial charge >= 0.3 is 0 Å². The summed E-state index contributed by atoms with van der Waals surface area (Å²) in [6.07, 6.45) is 5.58. The third-order valence-electron chi connectivity index (χ3n) is 2.95. The van der Waals surface area contributed by atoms with Crippen LogP contribution in [0.5, 0.6) is 0 Å². The number of hydrogen-bond donors (Lipinski definition) is 1. The summed E-state index contributed by atoms with van der Waals surface area (Å²) in [6.45, 7) is 7.32. The molecule has 5 nitrogen and oxygen atoms in total. The summed E-state index contributed by atoms with van der Waals surface area (Å²) in [4.78, 5) is 4.28. The summed E-state index contributed by atoms with van der Waals surface area (Å²) >= 11 is 0. The molecule has 1 aliphatic heterocycles. The summed E-state index contributed by atoms with van der Waals surface area (Å²) < 4.78 is 1.97. The van der Waals surface area contributed by atoms with Crippen LogP contribution in [0.25, 0.3) is 0 Å². The lowest BCUT2D eigenvalue weighted by Gasteiger charge is -2.27. The van der Waals surface area contributed by atoms with Crippen molar-refractivity contribution in [3.63, 3.8) is 0 Å². The van der Waals surface area contributed by atoms with E-state index in [0.29, 0.717) is 6.04 Å². The molecule has 0 aliphatic carbocycles. The van der Waals surface area contributed by atoms with Crippen LogP contribution in [0.4, 0.5) is 0 Å². The van der Waals surface area contributed by atoms with Crippen molar-refractivity contribution in [1.29, 1.82) is 0 Å². The molecule has 1 aliphatic rings. The van der Waals surface area contributed by atoms with Crippen molar-refractivity contribution in [2.24, 2.45) is 0 Å². The van der Waals surface area contributed by atoms with Gasteiger partial charge in [-0.25, -0.2) is 20.1 Å². The van der Waals surface area contributed by atoms with Crippen molar-refractivity contribution in [3.8, 4) is 0 Å². The fourth-order valence-electron chi connectivity index (χ4n) is 2.07. The number of rotatable bonds is 4. The molecule has 1 aromatic heterocycles. The molecule has 0 unspecified atom stereocenters. The van der Waals surface area contributed by atoms with Crippen LogP contribution in [0, 0.1) is 0 Å². The van der Waals surface area contributed by atoms with E-state index in [2.05, 4.69) is 34.4 Å². The highest BCUT2D eigenvalue weighted by atomic mass is 15.5. The topological polar surface area (TPSA) is 46.0 Å². The van der Waals surface area contributed by atoms with Crippen LogP contribution in [0.15, 0.2) is 6.33 Å². The third kappa shape index (κ3) is 2.80. The van der Waals surface area contributed by atoms with Gasteiger partial charge in [-0.05, 0) is 26.7 Å². The number of piperidine rings is 1. The van der Waals surface area contributed by atoms with Crippen LogP contribution in [-0.2, 0) is 6.54 Å². The maximum atomic E-state index is 4.28. The second kappa shape index (κ2) is 5.41. The molecule has 5 heteroatoms. The standard InChI is InChI=1S/C11H21N5/c1-10(2)16-11(12-9-14-16)8-13-15-6-4-3-5-7-15/h9-10,13H,3-8H2,1-2H3. The van der Waals surface area contributed by atoms with E-state index < -0.39 is 0 Å². The number of nitrogens with one attached hydrogen (secondary N) is 1. The van der Waals surface area contributed by atoms with Crippen molar-refractivity contribution in [3.05, 3.63) is 12.2 Å². The first-order chi connectivity index (χ1) is 7.77. The average Bonchev–Trinajstić information content (AvgIpc) is 2.76. The van der Waals surface area contributed by atoms with Gasteiger partial charge in [0.15, 0.2) is 0 Å². The first-order valence-corrected chi connectivity index (χ1v) is 6.14. The van der Waals surface area contributed by atoms with Gasteiger partial charge in [0, 0.05) is 19.1 Å². The Morgan fingerprint density at radius 2 is 2.06 bits per heavy atom. The van der Waals surface area contributed by atoms with Crippen molar-refractivity contribution < 1.29 is 0 Å². The van der Waals surface area contributed by atoms with Gasteiger partial charge in [-0.1, -0.05) is 6.42 Å². The van der Waals surface area contributed by atoms with Crippen LogP contribution in [0.2, 0.25) is 0 Å². The van der Waals surface area contributed by atoms with Crippen molar-refractivity contribution in [2.75, 3.05) is 13.1 Å². The van der Waals surface area contributed by atoms with Crippen molar-refractivity contribution in [1.82, 2.24) is 25.2 Å². The van der Waals surface area contributed by atoms with E-state index in [1.165, 1.54) is 19.3 Å². The molecule has 0 aromatic carbocycles. The summed E-state index contributed by atoms with van der Waals surface area (Å²) in [7, 11) is 0. The lowest BCUT2D eigenvalue weighted by molar-refractivity contribution is 0.148. The second-order valence-electron chi connectivity index (χ2n) is 4.60. The lowest BCUT2D eigenvalue weighted by Crippen LogP contribution is -2.41. The molecule has 0 atom stereocenters. The molecule has 0 radical (unpaired) electrons. The van der Waals surface area contributed by atoms with Crippen LogP contribution >= 0.6 is 0 Å².